The average molecular weight is 337 g/mol. The van der Waals surface area contributed by atoms with E-state index < -0.39 is 0 Å². The summed E-state index contributed by atoms with van der Waals surface area (Å²) in [6.45, 7) is 4.20. The van der Waals surface area contributed by atoms with Crippen molar-refractivity contribution in [3.8, 4) is 0 Å². The van der Waals surface area contributed by atoms with Crippen molar-refractivity contribution < 1.29 is 4.79 Å². The molecule has 0 aromatic heterocycles. The molecule has 4 heteroatoms. The van der Waals surface area contributed by atoms with Crippen LogP contribution in [-0.4, -0.2) is 29.9 Å². The quantitative estimate of drug-likeness (QED) is 0.807. The summed E-state index contributed by atoms with van der Waals surface area (Å²) in [5, 5.41) is 6.43. The van der Waals surface area contributed by atoms with Crippen molar-refractivity contribution in [3.63, 3.8) is 0 Å². The number of hydrogen-bond donors (Lipinski definition) is 2. The van der Waals surface area contributed by atoms with E-state index in [1.807, 2.05) is 54.6 Å². The van der Waals surface area contributed by atoms with Gasteiger partial charge in [-0.05, 0) is 68.8 Å². The molecule has 1 saturated heterocycles. The number of piperidine rings is 1. The van der Waals surface area contributed by atoms with Crippen molar-refractivity contribution in [1.82, 2.24) is 4.90 Å². The minimum Gasteiger partial charge on any atom is -0.356 e. The predicted molar refractivity (Wildman–Crippen MR) is 104 cm³/mol. The van der Waals surface area contributed by atoms with Gasteiger partial charge in [0.15, 0.2) is 0 Å². The van der Waals surface area contributed by atoms with Crippen molar-refractivity contribution in [1.29, 1.82) is 0 Å². The van der Waals surface area contributed by atoms with Gasteiger partial charge in [0.25, 0.3) is 0 Å². The molecule has 0 spiro atoms. The summed E-state index contributed by atoms with van der Waals surface area (Å²) >= 11 is 0. The van der Waals surface area contributed by atoms with Gasteiger partial charge in [0.1, 0.15) is 0 Å². The molecule has 1 fully saturated rings. The Kier molecular flexibility index (Phi) is 6.07. The second-order valence-corrected chi connectivity index (χ2v) is 6.61. The van der Waals surface area contributed by atoms with Gasteiger partial charge in [-0.25, -0.2) is 0 Å². The van der Waals surface area contributed by atoms with Crippen LogP contribution in [-0.2, 0) is 4.79 Å². The number of anilines is 3. The molecule has 4 nitrogen and oxygen atoms in total. The Morgan fingerprint density at radius 1 is 1.00 bits per heavy atom. The molecule has 0 bridgehead atoms. The summed E-state index contributed by atoms with van der Waals surface area (Å²) in [6, 6.07) is 18.0. The smallest absolute Gasteiger partial charge is 0.241 e. The number of nitrogens with one attached hydrogen (secondary N) is 2. The van der Waals surface area contributed by atoms with Crippen LogP contribution >= 0.6 is 0 Å². The summed E-state index contributed by atoms with van der Waals surface area (Å²) in [4.78, 5) is 15.0. The Morgan fingerprint density at radius 2 is 1.68 bits per heavy atom. The molecular weight excluding hydrogens is 310 g/mol. The second kappa shape index (κ2) is 8.67. The van der Waals surface area contributed by atoms with E-state index in [4.69, 9.17) is 0 Å². The monoisotopic (exact) mass is 337 g/mol. The van der Waals surface area contributed by atoms with Gasteiger partial charge in [0.05, 0.1) is 6.04 Å². The first-order valence-corrected chi connectivity index (χ1v) is 9.23. The number of carbonyl (C=O) groups excluding carboxylic acids is 1. The van der Waals surface area contributed by atoms with Crippen LogP contribution in [0.25, 0.3) is 0 Å². The van der Waals surface area contributed by atoms with Gasteiger partial charge >= 0.3 is 0 Å². The first kappa shape index (κ1) is 17.5. The van der Waals surface area contributed by atoms with Gasteiger partial charge in [0.2, 0.25) is 5.91 Å². The van der Waals surface area contributed by atoms with Crippen LogP contribution in [0.1, 0.15) is 32.6 Å². The van der Waals surface area contributed by atoms with E-state index in [-0.39, 0.29) is 11.9 Å². The second-order valence-electron chi connectivity index (χ2n) is 6.61. The Hall–Kier alpha value is -2.33. The van der Waals surface area contributed by atoms with Gasteiger partial charge < -0.3 is 10.6 Å². The van der Waals surface area contributed by atoms with Gasteiger partial charge in [-0.2, -0.15) is 0 Å². The fourth-order valence-corrected chi connectivity index (χ4v) is 3.39. The number of likely N-dealkylation sites (tertiary alicyclic amines) is 1. The Labute approximate surface area is 150 Å². The van der Waals surface area contributed by atoms with Crippen LogP contribution in [0.3, 0.4) is 0 Å². The fourth-order valence-electron chi connectivity index (χ4n) is 3.39. The van der Waals surface area contributed by atoms with Crippen molar-refractivity contribution in [2.75, 3.05) is 23.7 Å². The molecule has 2 aromatic rings. The van der Waals surface area contributed by atoms with E-state index in [0.29, 0.717) is 0 Å². The molecule has 1 unspecified atom stereocenters. The van der Waals surface area contributed by atoms with Crippen molar-refractivity contribution in [2.24, 2.45) is 0 Å². The number of benzene rings is 2. The van der Waals surface area contributed by atoms with Crippen molar-refractivity contribution >= 4 is 23.0 Å². The van der Waals surface area contributed by atoms with Crippen LogP contribution in [0.5, 0.6) is 0 Å². The van der Waals surface area contributed by atoms with E-state index in [1.54, 1.807) is 0 Å². The third-order valence-corrected chi connectivity index (χ3v) is 4.64. The van der Waals surface area contributed by atoms with E-state index >= 15 is 0 Å². The van der Waals surface area contributed by atoms with Crippen LogP contribution in [0, 0.1) is 0 Å². The van der Waals surface area contributed by atoms with E-state index in [2.05, 4.69) is 22.5 Å². The molecule has 25 heavy (non-hydrogen) atoms. The lowest BCUT2D eigenvalue weighted by atomic mass is 10.0. The van der Waals surface area contributed by atoms with Crippen molar-refractivity contribution in [3.05, 3.63) is 54.6 Å². The SMILES string of the molecule is CCCN1CCCCC1C(=O)Nc1ccc(Nc2ccccc2)cc1. The Bertz CT molecular complexity index is 667. The molecule has 1 aliphatic heterocycles. The first-order valence-electron chi connectivity index (χ1n) is 9.23. The lowest BCUT2D eigenvalue weighted by molar-refractivity contribution is -0.122. The van der Waals surface area contributed by atoms with Crippen LogP contribution in [0.2, 0.25) is 0 Å². The minimum absolute atomic E-state index is 0.0100. The maximum atomic E-state index is 12.7. The number of rotatable bonds is 6. The lowest BCUT2D eigenvalue weighted by Gasteiger charge is -2.34. The molecule has 2 N–H and O–H groups in total. The third kappa shape index (κ3) is 4.83. The maximum absolute atomic E-state index is 12.7. The standard InChI is InChI=1S/C21H27N3O/c1-2-15-24-16-7-6-10-20(24)21(25)23-19-13-11-18(12-14-19)22-17-8-4-3-5-9-17/h3-5,8-9,11-14,20,22H,2,6-7,10,15-16H2,1H3,(H,23,25). The highest BCUT2D eigenvalue weighted by molar-refractivity contribution is 5.95. The average Bonchev–Trinajstić information content (AvgIpc) is 2.65. The topological polar surface area (TPSA) is 44.4 Å². The molecule has 1 aliphatic rings. The molecule has 1 heterocycles. The highest BCUT2D eigenvalue weighted by Crippen LogP contribution is 2.21. The maximum Gasteiger partial charge on any atom is 0.241 e. The third-order valence-electron chi connectivity index (χ3n) is 4.64. The number of hydrogen-bond acceptors (Lipinski definition) is 3. The highest BCUT2D eigenvalue weighted by Gasteiger charge is 2.27. The molecule has 1 amide bonds. The van der Waals surface area contributed by atoms with Crippen LogP contribution in [0.4, 0.5) is 17.1 Å². The molecule has 0 saturated carbocycles. The number of nitrogens with zero attached hydrogens (tertiary/aromatic N) is 1. The first-order chi connectivity index (χ1) is 12.3. The molecular formula is C21H27N3O. The van der Waals surface area contributed by atoms with Crippen molar-refractivity contribution in [2.45, 2.75) is 38.6 Å². The van der Waals surface area contributed by atoms with E-state index in [1.165, 1.54) is 6.42 Å². The van der Waals surface area contributed by atoms with Gasteiger partial charge in [-0.1, -0.05) is 31.5 Å². The number of carbonyl (C=O) groups is 1. The molecule has 3 rings (SSSR count). The van der Waals surface area contributed by atoms with Gasteiger partial charge in [-0.3, -0.25) is 9.69 Å². The molecule has 1 atom stereocenters. The van der Waals surface area contributed by atoms with Crippen LogP contribution in [0.15, 0.2) is 54.6 Å². The summed E-state index contributed by atoms with van der Waals surface area (Å²) in [5.74, 6) is 0.122. The summed E-state index contributed by atoms with van der Waals surface area (Å²) in [7, 11) is 0. The number of amides is 1. The predicted octanol–water partition coefficient (Wildman–Crippen LogP) is 4.63. The summed E-state index contributed by atoms with van der Waals surface area (Å²) < 4.78 is 0. The zero-order valence-electron chi connectivity index (χ0n) is 14.9. The lowest BCUT2D eigenvalue weighted by Crippen LogP contribution is -2.47. The molecule has 0 radical (unpaired) electrons. The zero-order valence-corrected chi connectivity index (χ0v) is 14.9. The molecule has 2 aromatic carbocycles. The largest absolute Gasteiger partial charge is 0.356 e. The minimum atomic E-state index is 0.0100. The summed E-state index contributed by atoms with van der Waals surface area (Å²) in [6.07, 6.45) is 4.38. The zero-order chi connectivity index (χ0) is 17.5. The van der Waals surface area contributed by atoms with E-state index in [9.17, 15) is 4.79 Å². The van der Waals surface area contributed by atoms with Crippen LogP contribution < -0.4 is 10.6 Å². The Morgan fingerprint density at radius 3 is 2.40 bits per heavy atom. The fraction of sp³-hybridized carbons (Fsp3) is 0.381. The van der Waals surface area contributed by atoms with Gasteiger partial charge in [0, 0.05) is 17.1 Å². The normalized spacial score (nSPS) is 17.9. The number of para-hydroxylation sites is 1. The highest BCUT2D eigenvalue weighted by atomic mass is 16.2. The summed E-state index contributed by atoms with van der Waals surface area (Å²) in [5.41, 5.74) is 2.91. The Balaban J connectivity index is 1.59. The molecule has 0 aliphatic carbocycles. The van der Waals surface area contributed by atoms with Gasteiger partial charge in [-0.15, -0.1) is 0 Å². The van der Waals surface area contributed by atoms with E-state index in [0.717, 1.165) is 49.4 Å². The molecule has 132 valence electrons.